The monoisotopic (exact) mass is 468 g/mol. The minimum atomic E-state index is -4.45. The second-order valence-corrected chi connectivity index (χ2v) is 8.81. The van der Waals surface area contributed by atoms with E-state index in [9.17, 15) is 18.0 Å². The Morgan fingerprint density at radius 1 is 1.09 bits per heavy atom. The molecule has 2 aliphatic heterocycles. The molecule has 2 bridgehead atoms. The van der Waals surface area contributed by atoms with Crippen LogP contribution < -0.4 is 4.74 Å². The van der Waals surface area contributed by atoms with Crippen molar-refractivity contribution in [3.8, 4) is 17.3 Å². The smallest absolute Gasteiger partial charge is 0.417 e. The summed E-state index contributed by atoms with van der Waals surface area (Å²) in [5.74, 6) is 0.241. The van der Waals surface area contributed by atoms with Crippen molar-refractivity contribution in [2.24, 2.45) is 5.92 Å². The number of nitrogens with zero attached hydrogens (tertiary/aromatic N) is 4. The summed E-state index contributed by atoms with van der Waals surface area (Å²) in [5, 5.41) is 0. The number of pyridine rings is 3. The highest BCUT2D eigenvalue weighted by atomic mass is 19.4. The Hall–Kier alpha value is -3.49. The third-order valence-corrected chi connectivity index (χ3v) is 6.49. The van der Waals surface area contributed by atoms with Crippen molar-refractivity contribution < 1.29 is 22.7 Å². The molecule has 1 saturated carbocycles. The van der Waals surface area contributed by atoms with Gasteiger partial charge >= 0.3 is 6.18 Å². The molecule has 3 fully saturated rings. The predicted octanol–water partition coefficient (Wildman–Crippen LogP) is 4.94. The number of halogens is 3. The summed E-state index contributed by atoms with van der Waals surface area (Å²) in [6.45, 7) is 2.48. The number of carbonyl (C=O) groups is 1. The predicted molar refractivity (Wildman–Crippen MR) is 118 cm³/mol. The largest absolute Gasteiger partial charge is 0.472 e. The van der Waals surface area contributed by atoms with Crippen LogP contribution in [0.4, 0.5) is 13.2 Å². The van der Waals surface area contributed by atoms with Gasteiger partial charge in [0.25, 0.3) is 5.91 Å². The molecule has 0 N–H and O–H groups in total. The first kappa shape index (κ1) is 22.3. The summed E-state index contributed by atoms with van der Waals surface area (Å²) in [5.41, 5.74) is 1.60. The Morgan fingerprint density at radius 2 is 1.94 bits per heavy atom. The highest BCUT2D eigenvalue weighted by Crippen LogP contribution is 2.39. The summed E-state index contributed by atoms with van der Waals surface area (Å²) in [7, 11) is 0. The van der Waals surface area contributed by atoms with Gasteiger partial charge in [-0.15, -0.1) is 0 Å². The number of carbonyl (C=O) groups excluding carboxylic acids is 1. The van der Waals surface area contributed by atoms with Gasteiger partial charge in [-0.1, -0.05) is 6.07 Å². The third kappa shape index (κ3) is 4.34. The summed E-state index contributed by atoms with van der Waals surface area (Å²) < 4.78 is 44.5. The minimum Gasteiger partial charge on any atom is -0.472 e. The minimum absolute atomic E-state index is 0.129. The zero-order valence-electron chi connectivity index (χ0n) is 18.5. The average molecular weight is 468 g/mol. The molecule has 34 heavy (non-hydrogen) atoms. The maximum Gasteiger partial charge on any atom is 0.417 e. The van der Waals surface area contributed by atoms with Crippen molar-refractivity contribution in [3.63, 3.8) is 0 Å². The van der Waals surface area contributed by atoms with Gasteiger partial charge in [-0.25, -0.2) is 4.98 Å². The molecule has 6 nitrogen and oxygen atoms in total. The molecule has 3 atom stereocenters. The number of alkyl halides is 3. The van der Waals surface area contributed by atoms with Gasteiger partial charge in [0.05, 0.1) is 22.9 Å². The fraction of sp³-hybridized carbons (Fsp3) is 0.360. The van der Waals surface area contributed by atoms with Crippen LogP contribution in [-0.2, 0) is 6.18 Å². The molecule has 3 aliphatic rings. The molecule has 0 aromatic carbocycles. The first-order chi connectivity index (χ1) is 16.3. The van der Waals surface area contributed by atoms with Crippen molar-refractivity contribution in [1.82, 2.24) is 19.9 Å². The van der Waals surface area contributed by atoms with Crippen molar-refractivity contribution in [3.05, 3.63) is 71.7 Å². The van der Waals surface area contributed by atoms with Crippen LogP contribution in [0.1, 0.15) is 40.9 Å². The molecular formula is C25H23F3N4O2. The summed E-state index contributed by atoms with van der Waals surface area (Å²) in [4.78, 5) is 28.4. The van der Waals surface area contributed by atoms with Gasteiger partial charge in [0.15, 0.2) is 0 Å². The van der Waals surface area contributed by atoms with E-state index in [-0.39, 0.29) is 29.9 Å². The van der Waals surface area contributed by atoms with Crippen LogP contribution in [0.25, 0.3) is 11.4 Å². The quantitative estimate of drug-likeness (QED) is 0.543. The Bertz CT molecular complexity index is 1190. The van der Waals surface area contributed by atoms with Crippen molar-refractivity contribution in [1.29, 1.82) is 0 Å². The Balaban J connectivity index is 1.40. The fourth-order valence-corrected chi connectivity index (χ4v) is 4.85. The van der Waals surface area contributed by atoms with Gasteiger partial charge < -0.3 is 9.64 Å². The van der Waals surface area contributed by atoms with Gasteiger partial charge in [0.2, 0.25) is 5.88 Å². The van der Waals surface area contributed by atoms with Crippen LogP contribution in [0.3, 0.4) is 0 Å². The maximum absolute atomic E-state index is 13.7. The van der Waals surface area contributed by atoms with E-state index >= 15 is 0 Å². The van der Waals surface area contributed by atoms with Crippen molar-refractivity contribution in [2.45, 2.75) is 44.5 Å². The Labute approximate surface area is 194 Å². The third-order valence-electron chi connectivity index (χ3n) is 6.49. The van der Waals surface area contributed by atoms with E-state index in [1.807, 2.05) is 36.1 Å². The van der Waals surface area contributed by atoms with Crippen LogP contribution in [-0.4, -0.2) is 44.4 Å². The lowest BCUT2D eigenvalue weighted by Crippen LogP contribution is -2.59. The lowest BCUT2D eigenvalue weighted by atomic mass is 9.77. The van der Waals surface area contributed by atoms with Gasteiger partial charge in [-0.2, -0.15) is 13.2 Å². The maximum atomic E-state index is 13.7. The molecule has 3 aromatic rings. The van der Waals surface area contributed by atoms with Gasteiger partial charge in [-0.05, 0) is 62.4 Å². The number of rotatable bonds is 4. The van der Waals surface area contributed by atoms with Crippen LogP contribution in [0.2, 0.25) is 0 Å². The standard InChI is InChI=1S/C25H23F3N4O2/c1-15-5-8-18(23(31-15)19-4-2-3-11-29-19)24(33)32-14-16-6-9-20(32)21(12-16)34-22-10-7-17(13-30-22)25(26,27)28/h2-5,7-8,10-11,13,16,20-21H,6,9,12,14H2,1H3/t16-,20-,21+/m0/s1. The van der Waals surface area contributed by atoms with Gasteiger partial charge in [-0.3, -0.25) is 14.8 Å². The van der Waals surface area contributed by atoms with E-state index < -0.39 is 11.7 Å². The second kappa shape index (κ2) is 8.70. The number of aromatic nitrogens is 3. The number of hydrogen-bond donors (Lipinski definition) is 0. The Kier molecular flexibility index (Phi) is 5.71. The molecule has 0 spiro atoms. The van der Waals surface area contributed by atoms with Crippen LogP contribution in [0, 0.1) is 12.8 Å². The summed E-state index contributed by atoms with van der Waals surface area (Å²) in [6, 6.07) is 11.1. The van der Waals surface area contributed by atoms with E-state index in [0.29, 0.717) is 23.5 Å². The van der Waals surface area contributed by atoms with E-state index in [2.05, 4.69) is 15.0 Å². The van der Waals surface area contributed by atoms with E-state index in [4.69, 9.17) is 4.74 Å². The van der Waals surface area contributed by atoms with E-state index in [1.165, 1.54) is 6.07 Å². The number of aryl methyl sites for hydroxylation is 1. The van der Waals surface area contributed by atoms with Crippen LogP contribution >= 0.6 is 0 Å². The second-order valence-electron chi connectivity index (χ2n) is 8.81. The average Bonchev–Trinajstić information content (AvgIpc) is 2.84. The van der Waals surface area contributed by atoms with Crippen LogP contribution in [0.15, 0.2) is 54.9 Å². The lowest BCUT2D eigenvalue weighted by molar-refractivity contribution is -0.137. The Morgan fingerprint density at radius 3 is 2.62 bits per heavy atom. The molecule has 1 aliphatic carbocycles. The molecule has 1 amide bonds. The van der Waals surface area contributed by atoms with Crippen molar-refractivity contribution >= 4 is 5.91 Å². The molecule has 6 rings (SSSR count). The number of hydrogen-bond acceptors (Lipinski definition) is 5. The zero-order valence-corrected chi connectivity index (χ0v) is 18.5. The molecule has 0 radical (unpaired) electrons. The zero-order chi connectivity index (χ0) is 23.9. The first-order valence-corrected chi connectivity index (χ1v) is 11.2. The van der Waals surface area contributed by atoms with Crippen molar-refractivity contribution in [2.75, 3.05) is 6.54 Å². The SMILES string of the molecule is Cc1ccc(C(=O)N2C[C@H]3CC[C@H]2[C@H](Oc2ccc(C(F)(F)F)cn2)C3)c(-c2ccccn2)n1. The normalized spacial score (nSPS) is 22.0. The highest BCUT2D eigenvalue weighted by Gasteiger charge is 2.45. The highest BCUT2D eigenvalue weighted by molar-refractivity contribution is 6.00. The number of piperidine rings is 2. The molecule has 9 heteroatoms. The van der Waals surface area contributed by atoms with Crippen LogP contribution in [0.5, 0.6) is 5.88 Å². The molecule has 3 aromatic heterocycles. The lowest BCUT2D eigenvalue weighted by Gasteiger charge is -2.49. The number of amides is 1. The van der Waals surface area contributed by atoms with E-state index in [1.54, 1.807) is 12.3 Å². The summed E-state index contributed by atoms with van der Waals surface area (Å²) >= 11 is 0. The molecular weight excluding hydrogens is 445 g/mol. The molecule has 176 valence electrons. The molecule has 0 unspecified atom stereocenters. The fourth-order valence-electron chi connectivity index (χ4n) is 4.85. The first-order valence-electron chi connectivity index (χ1n) is 11.2. The molecule has 5 heterocycles. The number of ether oxygens (including phenoxy) is 1. The van der Waals surface area contributed by atoms with Gasteiger partial charge in [0, 0.05) is 30.7 Å². The van der Waals surface area contributed by atoms with Gasteiger partial charge in [0.1, 0.15) is 11.8 Å². The topological polar surface area (TPSA) is 68.2 Å². The van der Waals surface area contributed by atoms with E-state index in [0.717, 1.165) is 37.2 Å². The summed E-state index contributed by atoms with van der Waals surface area (Å²) in [6.07, 6.45) is 0.127. The number of fused-ring (bicyclic) bond motifs is 3. The molecule has 2 saturated heterocycles.